The lowest BCUT2D eigenvalue weighted by Crippen LogP contribution is -2.16. The maximum atomic E-state index is 12.3. The lowest BCUT2D eigenvalue weighted by Gasteiger charge is -2.12. The van der Waals surface area contributed by atoms with Crippen LogP contribution in [-0.4, -0.2) is 26.2 Å². The van der Waals surface area contributed by atoms with E-state index in [1.54, 1.807) is 0 Å². The normalized spacial score (nSPS) is 13.6. The van der Waals surface area contributed by atoms with Crippen molar-refractivity contribution in [2.45, 2.75) is 73.8 Å². The molecular weight excluding hydrogens is 488 g/mol. The van der Waals surface area contributed by atoms with Crippen LogP contribution in [0.25, 0.3) is 0 Å². The monoisotopic (exact) mass is 526 g/mol. The van der Waals surface area contributed by atoms with Gasteiger partial charge in [-0.05, 0) is 54.8 Å². The van der Waals surface area contributed by atoms with Crippen molar-refractivity contribution in [2.75, 3.05) is 12.5 Å². The quantitative estimate of drug-likeness (QED) is 0.232. The average molecular weight is 527 g/mol. The molecule has 194 valence electrons. The van der Waals surface area contributed by atoms with Gasteiger partial charge in [0, 0.05) is 31.6 Å². The SMILES string of the molecule is CCCCCCCCS(=O)C(C)Cc1ccc2c(c1)OCO2.O=S(c1ccccc1)c1ccccc1. The van der Waals surface area contributed by atoms with Crippen LogP contribution in [0.15, 0.2) is 88.7 Å². The van der Waals surface area contributed by atoms with Crippen molar-refractivity contribution in [1.82, 2.24) is 0 Å². The highest BCUT2D eigenvalue weighted by Gasteiger charge is 2.16. The summed E-state index contributed by atoms with van der Waals surface area (Å²) in [5.41, 5.74) is 1.17. The Balaban J connectivity index is 0.000000221. The van der Waals surface area contributed by atoms with Crippen LogP contribution < -0.4 is 9.47 Å². The molecule has 4 rings (SSSR count). The van der Waals surface area contributed by atoms with Crippen LogP contribution in [0.2, 0.25) is 0 Å². The average Bonchev–Trinajstić information content (AvgIpc) is 3.39. The summed E-state index contributed by atoms with van der Waals surface area (Å²) in [6.45, 7) is 4.61. The molecule has 0 radical (unpaired) electrons. The van der Waals surface area contributed by atoms with Crippen LogP contribution in [0.5, 0.6) is 11.5 Å². The molecule has 1 heterocycles. The summed E-state index contributed by atoms with van der Waals surface area (Å²) in [7, 11) is -1.79. The van der Waals surface area contributed by atoms with Crippen molar-refractivity contribution >= 4 is 21.6 Å². The number of benzene rings is 3. The lowest BCUT2D eigenvalue weighted by molar-refractivity contribution is 0.174. The van der Waals surface area contributed by atoms with Crippen LogP contribution >= 0.6 is 0 Å². The minimum Gasteiger partial charge on any atom is -0.454 e. The standard InChI is InChI=1S/C18H28O3S.C12H10OS/c1-3-4-5-6-7-8-11-22(19)15(2)12-16-9-10-17-18(13-16)21-14-20-17;13-14(11-7-3-1-4-8-11)12-9-5-2-6-10-12/h9-10,13,15H,3-8,11-12,14H2,1-2H3;1-10H. The van der Waals surface area contributed by atoms with Crippen molar-refractivity contribution < 1.29 is 17.9 Å². The number of hydrogen-bond acceptors (Lipinski definition) is 4. The predicted octanol–water partition coefficient (Wildman–Crippen LogP) is 7.31. The van der Waals surface area contributed by atoms with Crippen molar-refractivity contribution in [3.63, 3.8) is 0 Å². The van der Waals surface area contributed by atoms with Gasteiger partial charge in [-0.25, -0.2) is 4.21 Å². The van der Waals surface area contributed by atoms with Crippen molar-refractivity contribution in [3.8, 4) is 11.5 Å². The molecule has 0 aliphatic carbocycles. The molecule has 0 saturated heterocycles. The second-order valence-electron chi connectivity index (χ2n) is 8.95. The van der Waals surface area contributed by atoms with Crippen LogP contribution in [0, 0.1) is 0 Å². The first-order chi connectivity index (χ1) is 17.6. The molecule has 3 aromatic rings. The van der Waals surface area contributed by atoms with Crippen LogP contribution in [0.4, 0.5) is 0 Å². The Bertz CT molecular complexity index is 1050. The minimum absolute atomic E-state index is 0.191. The van der Waals surface area contributed by atoms with Gasteiger partial charge in [0.15, 0.2) is 11.5 Å². The summed E-state index contributed by atoms with van der Waals surface area (Å²) in [4.78, 5) is 1.69. The highest BCUT2D eigenvalue weighted by Crippen LogP contribution is 2.33. The topological polar surface area (TPSA) is 52.6 Å². The molecule has 0 N–H and O–H groups in total. The maximum absolute atomic E-state index is 12.3. The summed E-state index contributed by atoms with van der Waals surface area (Å²) in [5.74, 6) is 2.45. The Labute approximate surface area is 221 Å². The van der Waals surface area contributed by atoms with E-state index in [-0.39, 0.29) is 5.25 Å². The van der Waals surface area contributed by atoms with Gasteiger partial charge < -0.3 is 9.47 Å². The molecule has 0 amide bonds. The van der Waals surface area contributed by atoms with Crippen LogP contribution in [0.3, 0.4) is 0 Å². The number of rotatable bonds is 12. The fraction of sp³-hybridized carbons (Fsp3) is 0.400. The Morgan fingerprint density at radius 3 is 1.97 bits per heavy atom. The van der Waals surface area contributed by atoms with Crippen molar-refractivity contribution in [2.24, 2.45) is 0 Å². The highest BCUT2D eigenvalue weighted by molar-refractivity contribution is 7.85. The van der Waals surface area contributed by atoms with E-state index in [2.05, 4.69) is 13.8 Å². The van der Waals surface area contributed by atoms with E-state index < -0.39 is 21.6 Å². The number of hydrogen-bond donors (Lipinski definition) is 0. The zero-order valence-electron chi connectivity index (χ0n) is 21.4. The van der Waals surface area contributed by atoms with Gasteiger partial charge in [0.25, 0.3) is 0 Å². The number of unbranched alkanes of at least 4 members (excludes halogenated alkanes) is 5. The zero-order valence-corrected chi connectivity index (χ0v) is 23.0. The Hall–Kier alpha value is -2.44. The Morgan fingerprint density at radius 1 is 0.750 bits per heavy atom. The highest BCUT2D eigenvalue weighted by atomic mass is 32.2. The van der Waals surface area contributed by atoms with Gasteiger partial charge in [-0.15, -0.1) is 0 Å². The molecule has 0 spiro atoms. The molecule has 0 aromatic heterocycles. The summed E-state index contributed by atoms with van der Waals surface area (Å²) in [6, 6.07) is 25.0. The van der Waals surface area contributed by atoms with Crippen molar-refractivity contribution in [3.05, 3.63) is 84.4 Å². The first-order valence-electron chi connectivity index (χ1n) is 12.9. The Morgan fingerprint density at radius 2 is 1.33 bits per heavy atom. The van der Waals surface area contributed by atoms with Gasteiger partial charge in [0.2, 0.25) is 6.79 Å². The molecule has 0 fully saturated rings. The third-order valence-electron chi connectivity index (χ3n) is 6.02. The second-order valence-corrected chi connectivity index (χ2v) is 12.4. The largest absolute Gasteiger partial charge is 0.454 e. The van der Waals surface area contributed by atoms with E-state index in [0.717, 1.165) is 39.9 Å². The van der Waals surface area contributed by atoms with E-state index in [1.165, 1.54) is 37.7 Å². The van der Waals surface area contributed by atoms with Gasteiger partial charge in [-0.2, -0.15) is 0 Å². The first-order valence-corrected chi connectivity index (χ1v) is 15.4. The smallest absolute Gasteiger partial charge is 0.231 e. The molecular formula is C30H38O4S2. The predicted molar refractivity (Wildman–Crippen MR) is 150 cm³/mol. The molecule has 4 nitrogen and oxygen atoms in total. The summed E-state index contributed by atoms with van der Waals surface area (Å²) >= 11 is 0. The van der Waals surface area contributed by atoms with Crippen LogP contribution in [-0.2, 0) is 28.0 Å². The Kier molecular flexibility index (Phi) is 12.2. The van der Waals surface area contributed by atoms with E-state index in [1.807, 2.05) is 78.9 Å². The fourth-order valence-electron chi connectivity index (χ4n) is 3.94. The molecule has 2 unspecified atom stereocenters. The molecule has 1 aliphatic heterocycles. The maximum Gasteiger partial charge on any atom is 0.231 e. The van der Waals surface area contributed by atoms with Gasteiger partial charge >= 0.3 is 0 Å². The molecule has 0 bridgehead atoms. The number of ether oxygens (including phenoxy) is 2. The first kappa shape index (κ1) is 28.1. The van der Waals surface area contributed by atoms with Gasteiger partial charge in [0.1, 0.15) is 0 Å². The lowest BCUT2D eigenvalue weighted by atomic mass is 10.1. The van der Waals surface area contributed by atoms with Gasteiger partial charge in [-0.1, -0.05) is 88.4 Å². The molecule has 36 heavy (non-hydrogen) atoms. The minimum atomic E-state index is -1.05. The molecule has 1 aliphatic rings. The summed E-state index contributed by atoms with van der Waals surface area (Å²) < 4.78 is 35.0. The molecule has 2 atom stereocenters. The molecule has 6 heteroatoms. The van der Waals surface area contributed by atoms with E-state index in [4.69, 9.17) is 9.47 Å². The van der Waals surface area contributed by atoms with E-state index >= 15 is 0 Å². The third-order valence-corrected chi connectivity index (χ3v) is 9.18. The van der Waals surface area contributed by atoms with Gasteiger partial charge in [-0.3, -0.25) is 4.21 Å². The van der Waals surface area contributed by atoms with E-state index in [9.17, 15) is 8.42 Å². The summed E-state index contributed by atoms with van der Waals surface area (Å²) in [5, 5.41) is 0.191. The zero-order chi connectivity index (χ0) is 25.6. The summed E-state index contributed by atoms with van der Waals surface area (Å²) in [6.07, 6.45) is 8.32. The van der Waals surface area contributed by atoms with E-state index in [0.29, 0.717) is 6.79 Å². The van der Waals surface area contributed by atoms with Crippen LogP contribution in [0.1, 0.15) is 57.9 Å². The fourth-order valence-corrected chi connectivity index (χ4v) is 6.29. The number of fused-ring (bicyclic) bond motifs is 1. The second kappa shape index (κ2) is 15.6. The molecule has 0 saturated carbocycles. The van der Waals surface area contributed by atoms with Gasteiger partial charge in [0.05, 0.1) is 10.8 Å². The van der Waals surface area contributed by atoms with Crippen molar-refractivity contribution in [1.29, 1.82) is 0 Å². The molecule has 3 aromatic carbocycles. The third kappa shape index (κ3) is 9.21.